The number of sulfonamides is 1. The van der Waals surface area contributed by atoms with Gasteiger partial charge in [-0.25, -0.2) is 13.1 Å². The third-order valence-corrected chi connectivity index (χ3v) is 6.47. The van der Waals surface area contributed by atoms with Crippen molar-refractivity contribution in [2.75, 3.05) is 24.7 Å². The van der Waals surface area contributed by atoms with Crippen molar-refractivity contribution in [3.05, 3.63) is 35.9 Å². The summed E-state index contributed by atoms with van der Waals surface area (Å²) in [6.07, 6.45) is 1.34. The van der Waals surface area contributed by atoms with Gasteiger partial charge in [0.05, 0.1) is 10.6 Å². The zero-order valence-electron chi connectivity index (χ0n) is 14.0. The third-order valence-electron chi connectivity index (χ3n) is 4.89. The first kappa shape index (κ1) is 16.5. The lowest BCUT2D eigenvalue weighted by atomic mass is 10.1. The Morgan fingerprint density at radius 2 is 1.96 bits per heavy atom. The maximum atomic E-state index is 12.9. The number of ether oxygens (including phenoxy) is 1. The summed E-state index contributed by atoms with van der Waals surface area (Å²) in [6, 6.07) is 8.49. The highest BCUT2D eigenvalue weighted by molar-refractivity contribution is 7.89. The van der Waals surface area contributed by atoms with Gasteiger partial charge in [0.15, 0.2) is 0 Å². The Balaban J connectivity index is 1.82. The van der Waals surface area contributed by atoms with Gasteiger partial charge >= 0.3 is 0 Å². The standard InChI is InChI=1S/C18H20N2O4S/c1-2-20-15-6-7-16(13-4-3-5-14(17(13)15)18(20)21)25(22,23)19-12-8-10-24-11-9-12/h3-7,12,19H,2,8-11H2,1H3. The molecule has 2 aliphatic heterocycles. The minimum Gasteiger partial charge on any atom is -0.381 e. The number of hydrogen-bond donors (Lipinski definition) is 1. The molecular weight excluding hydrogens is 340 g/mol. The van der Waals surface area contributed by atoms with Crippen molar-refractivity contribution in [1.82, 2.24) is 4.72 Å². The Kier molecular flexibility index (Phi) is 4.02. The molecule has 1 N–H and O–H groups in total. The molecule has 6 nitrogen and oxygen atoms in total. The lowest BCUT2D eigenvalue weighted by Crippen LogP contribution is -2.38. The lowest BCUT2D eigenvalue weighted by molar-refractivity contribution is 0.0832. The summed E-state index contributed by atoms with van der Waals surface area (Å²) >= 11 is 0. The molecule has 1 fully saturated rings. The van der Waals surface area contributed by atoms with Crippen LogP contribution in [0.25, 0.3) is 10.8 Å². The van der Waals surface area contributed by atoms with E-state index in [1.807, 2.05) is 6.92 Å². The van der Waals surface area contributed by atoms with Gasteiger partial charge in [-0.05, 0) is 38.0 Å². The van der Waals surface area contributed by atoms with Crippen molar-refractivity contribution < 1.29 is 17.9 Å². The van der Waals surface area contributed by atoms with E-state index in [0.29, 0.717) is 43.5 Å². The first-order valence-electron chi connectivity index (χ1n) is 8.50. The van der Waals surface area contributed by atoms with E-state index in [1.54, 1.807) is 35.2 Å². The van der Waals surface area contributed by atoms with Gasteiger partial charge in [-0.3, -0.25) is 4.79 Å². The van der Waals surface area contributed by atoms with Gasteiger partial charge in [0.2, 0.25) is 10.0 Å². The second-order valence-corrected chi connectivity index (χ2v) is 8.05. The number of benzene rings is 2. The van der Waals surface area contributed by atoms with Crippen LogP contribution in [-0.4, -0.2) is 40.1 Å². The van der Waals surface area contributed by atoms with Gasteiger partial charge < -0.3 is 9.64 Å². The highest BCUT2D eigenvalue weighted by Gasteiger charge is 2.32. The summed E-state index contributed by atoms with van der Waals surface area (Å²) in [7, 11) is -3.67. The average molecular weight is 360 g/mol. The van der Waals surface area contributed by atoms with E-state index < -0.39 is 10.0 Å². The van der Waals surface area contributed by atoms with Crippen LogP contribution >= 0.6 is 0 Å². The molecule has 0 bridgehead atoms. The van der Waals surface area contributed by atoms with E-state index in [2.05, 4.69) is 4.72 Å². The topological polar surface area (TPSA) is 75.7 Å². The fourth-order valence-electron chi connectivity index (χ4n) is 3.67. The first-order valence-corrected chi connectivity index (χ1v) is 9.99. The number of anilines is 1. The number of nitrogens with zero attached hydrogens (tertiary/aromatic N) is 1. The van der Waals surface area contributed by atoms with Crippen LogP contribution in [0.5, 0.6) is 0 Å². The molecule has 2 heterocycles. The van der Waals surface area contributed by atoms with Gasteiger partial charge in [-0.1, -0.05) is 12.1 Å². The molecule has 0 saturated carbocycles. The van der Waals surface area contributed by atoms with Crippen molar-refractivity contribution in [2.45, 2.75) is 30.7 Å². The molecule has 0 aliphatic carbocycles. The second-order valence-electron chi connectivity index (χ2n) is 6.37. The Bertz CT molecular complexity index is 949. The summed E-state index contributed by atoms with van der Waals surface area (Å²) in [6.45, 7) is 3.59. The van der Waals surface area contributed by atoms with E-state index in [0.717, 1.165) is 11.1 Å². The molecule has 1 saturated heterocycles. The monoisotopic (exact) mass is 360 g/mol. The minimum atomic E-state index is -3.67. The highest BCUT2D eigenvalue weighted by Crippen LogP contribution is 2.39. The molecule has 2 aromatic rings. The number of carbonyl (C=O) groups is 1. The van der Waals surface area contributed by atoms with Crippen LogP contribution < -0.4 is 9.62 Å². The molecule has 132 valence electrons. The normalized spacial score (nSPS) is 18.3. The average Bonchev–Trinajstić information content (AvgIpc) is 2.89. The molecule has 1 amide bonds. The van der Waals surface area contributed by atoms with E-state index in [-0.39, 0.29) is 16.8 Å². The number of hydrogen-bond acceptors (Lipinski definition) is 4. The number of rotatable bonds is 4. The summed E-state index contributed by atoms with van der Waals surface area (Å²) in [5, 5.41) is 1.32. The molecule has 4 rings (SSSR count). The highest BCUT2D eigenvalue weighted by atomic mass is 32.2. The minimum absolute atomic E-state index is 0.0740. The predicted molar refractivity (Wildman–Crippen MR) is 95.5 cm³/mol. The molecule has 0 radical (unpaired) electrons. The molecule has 7 heteroatoms. The van der Waals surface area contributed by atoms with Crippen LogP contribution in [-0.2, 0) is 14.8 Å². The van der Waals surface area contributed by atoms with E-state index in [1.165, 1.54) is 0 Å². The lowest BCUT2D eigenvalue weighted by Gasteiger charge is -2.23. The van der Waals surface area contributed by atoms with E-state index in [4.69, 9.17) is 4.74 Å². The van der Waals surface area contributed by atoms with Gasteiger partial charge in [0.1, 0.15) is 0 Å². The maximum Gasteiger partial charge on any atom is 0.258 e. The van der Waals surface area contributed by atoms with E-state index in [9.17, 15) is 13.2 Å². The largest absolute Gasteiger partial charge is 0.381 e. The molecule has 25 heavy (non-hydrogen) atoms. The second kappa shape index (κ2) is 6.09. The maximum absolute atomic E-state index is 12.9. The van der Waals surface area contributed by atoms with Crippen LogP contribution in [0.3, 0.4) is 0 Å². The summed E-state index contributed by atoms with van der Waals surface area (Å²) < 4.78 is 34.0. The van der Waals surface area contributed by atoms with Gasteiger partial charge in [0.25, 0.3) is 5.91 Å². The predicted octanol–water partition coefficient (Wildman–Crippen LogP) is 2.28. The zero-order chi connectivity index (χ0) is 17.6. The van der Waals surface area contributed by atoms with E-state index >= 15 is 0 Å². The van der Waals surface area contributed by atoms with Gasteiger partial charge in [-0.15, -0.1) is 0 Å². The smallest absolute Gasteiger partial charge is 0.258 e. The van der Waals surface area contributed by atoms with Crippen LogP contribution in [0.15, 0.2) is 35.2 Å². The van der Waals surface area contributed by atoms with Crippen molar-refractivity contribution in [2.24, 2.45) is 0 Å². The molecule has 2 aromatic carbocycles. The van der Waals surface area contributed by atoms with Crippen LogP contribution in [0.1, 0.15) is 30.1 Å². The van der Waals surface area contributed by atoms with Crippen molar-refractivity contribution in [1.29, 1.82) is 0 Å². The molecule has 0 spiro atoms. The number of carbonyl (C=O) groups excluding carboxylic acids is 1. The van der Waals surface area contributed by atoms with Crippen molar-refractivity contribution in [3.8, 4) is 0 Å². The molecule has 0 aromatic heterocycles. The van der Waals surface area contributed by atoms with Crippen molar-refractivity contribution >= 4 is 32.4 Å². The summed E-state index contributed by atoms with van der Waals surface area (Å²) in [5.74, 6) is -0.0740. The Labute approximate surface area is 146 Å². The Morgan fingerprint density at radius 1 is 1.20 bits per heavy atom. The van der Waals surface area contributed by atoms with Crippen LogP contribution in [0.2, 0.25) is 0 Å². The first-order chi connectivity index (χ1) is 12.0. The molecular formula is C18H20N2O4S. The quantitative estimate of drug-likeness (QED) is 0.908. The fourth-order valence-corrected chi connectivity index (χ4v) is 5.17. The number of nitrogens with one attached hydrogen (secondary N) is 1. The SMILES string of the molecule is CCN1C(=O)c2cccc3c(S(=O)(=O)NC4CCOCC4)ccc1c23. The fraction of sp³-hybridized carbons (Fsp3) is 0.389. The van der Waals surface area contributed by atoms with Crippen LogP contribution in [0, 0.1) is 0 Å². The summed E-state index contributed by atoms with van der Waals surface area (Å²) in [5.41, 5.74) is 1.35. The summed E-state index contributed by atoms with van der Waals surface area (Å²) in [4.78, 5) is 14.4. The number of amides is 1. The Hall–Kier alpha value is -1.96. The van der Waals surface area contributed by atoms with Gasteiger partial charge in [-0.2, -0.15) is 0 Å². The van der Waals surface area contributed by atoms with Crippen LogP contribution in [0.4, 0.5) is 5.69 Å². The van der Waals surface area contributed by atoms with Crippen molar-refractivity contribution in [3.63, 3.8) is 0 Å². The Morgan fingerprint density at radius 3 is 2.68 bits per heavy atom. The molecule has 2 aliphatic rings. The molecule has 0 atom stereocenters. The molecule has 0 unspecified atom stereocenters. The zero-order valence-corrected chi connectivity index (χ0v) is 14.8. The third kappa shape index (κ3) is 2.63. The van der Waals surface area contributed by atoms with Gasteiger partial charge in [0, 0.05) is 42.1 Å².